The number of carbonyl (C=O) groups excluding carboxylic acids is 2. The summed E-state index contributed by atoms with van der Waals surface area (Å²) >= 11 is 3.43. The van der Waals surface area contributed by atoms with E-state index in [9.17, 15) is 9.59 Å². The molecule has 0 N–H and O–H groups in total. The molecule has 29 heavy (non-hydrogen) atoms. The molecular formula is C21H23BrN4O3. The van der Waals surface area contributed by atoms with Crippen molar-refractivity contribution in [2.45, 2.75) is 31.7 Å². The van der Waals surface area contributed by atoms with Crippen molar-refractivity contribution >= 4 is 27.7 Å². The molecule has 2 amide bonds. The third-order valence-electron chi connectivity index (χ3n) is 5.52. The van der Waals surface area contributed by atoms with Crippen molar-refractivity contribution in [2.75, 3.05) is 19.6 Å². The van der Waals surface area contributed by atoms with Crippen molar-refractivity contribution in [1.82, 2.24) is 19.9 Å². The number of carbonyl (C=O) groups is 2. The van der Waals surface area contributed by atoms with E-state index in [1.165, 1.54) is 6.08 Å². The molecule has 0 saturated carbocycles. The summed E-state index contributed by atoms with van der Waals surface area (Å²) in [4.78, 5) is 32.5. The number of hydrogen-bond donors (Lipinski definition) is 0. The van der Waals surface area contributed by atoms with E-state index in [2.05, 4.69) is 32.6 Å². The molecule has 1 aromatic heterocycles. The molecule has 2 aromatic rings. The normalized spacial score (nSPS) is 19.3. The summed E-state index contributed by atoms with van der Waals surface area (Å²) in [6.45, 7) is 5.44. The van der Waals surface area contributed by atoms with E-state index >= 15 is 0 Å². The van der Waals surface area contributed by atoms with Crippen LogP contribution in [-0.2, 0) is 16.0 Å². The Hall–Kier alpha value is -2.48. The van der Waals surface area contributed by atoms with Crippen LogP contribution in [0.15, 0.2) is 45.9 Å². The number of nitrogens with zero attached hydrogens (tertiary/aromatic N) is 4. The zero-order valence-corrected chi connectivity index (χ0v) is 17.7. The first kappa shape index (κ1) is 19.8. The number of amides is 2. The molecule has 4 rings (SSSR count). The monoisotopic (exact) mass is 458 g/mol. The van der Waals surface area contributed by atoms with Gasteiger partial charge in [-0.05, 0) is 36.6 Å². The van der Waals surface area contributed by atoms with Crippen molar-refractivity contribution in [3.8, 4) is 0 Å². The molecule has 2 aliphatic heterocycles. The molecule has 0 aliphatic carbocycles. The standard InChI is InChI=1S/C21H23BrN4O3/c1-2-19(27)25-12-15(13-25)11-20(28)26-9-3-4-17(26)21-23-18(24-29-21)10-14-5-7-16(22)8-6-14/h2,5-8,15,17H,1,3-4,9-13H2. The maximum atomic E-state index is 12.8. The van der Waals surface area contributed by atoms with Crippen LogP contribution in [0.5, 0.6) is 0 Å². The van der Waals surface area contributed by atoms with Crippen LogP contribution in [0, 0.1) is 5.92 Å². The number of hydrogen-bond acceptors (Lipinski definition) is 5. The minimum atomic E-state index is -0.153. The van der Waals surface area contributed by atoms with Gasteiger partial charge in [0.15, 0.2) is 5.82 Å². The Kier molecular flexibility index (Phi) is 5.80. The van der Waals surface area contributed by atoms with Gasteiger partial charge in [-0.2, -0.15) is 4.98 Å². The first-order chi connectivity index (χ1) is 14.0. The van der Waals surface area contributed by atoms with E-state index in [-0.39, 0.29) is 23.8 Å². The van der Waals surface area contributed by atoms with E-state index in [1.54, 1.807) is 4.90 Å². The average molecular weight is 459 g/mol. The highest BCUT2D eigenvalue weighted by atomic mass is 79.9. The van der Waals surface area contributed by atoms with Gasteiger partial charge in [-0.25, -0.2) is 0 Å². The molecule has 2 fully saturated rings. The highest BCUT2D eigenvalue weighted by molar-refractivity contribution is 9.10. The summed E-state index contributed by atoms with van der Waals surface area (Å²) < 4.78 is 6.53. The molecule has 7 nitrogen and oxygen atoms in total. The second kappa shape index (κ2) is 8.49. The fourth-order valence-electron chi connectivity index (χ4n) is 3.95. The van der Waals surface area contributed by atoms with Crippen LogP contribution in [-0.4, -0.2) is 51.4 Å². The Morgan fingerprint density at radius 1 is 1.28 bits per heavy atom. The maximum Gasteiger partial charge on any atom is 0.249 e. The van der Waals surface area contributed by atoms with E-state index in [0.29, 0.717) is 44.2 Å². The van der Waals surface area contributed by atoms with Crippen LogP contribution in [0.1, 0.15) is 42.6 Å². The lowest BCUT2D eigenvalue weighted by atomic mass is 9.95. The molecule has 0 radical (unpaired) electrons. The van der Waals surface area contributed by atoms with Gasteiger partial charge in [0.2, 0.25) is 17.7 Å². The van der Waals surface area contributed by atoms with Crippen molar-refractivity contribution < 1.29 is 14.1 Å². The van der Waals surface area contributed by atoms with Gasteiger partial charge >= 0.3 is 0 Å². The summed E-state index contributed by atoms with van der Waals surface area (Å²) in [5.74, 6) is 1.37. The third kappa shape index (κ3) is 4.42. The summed E-state index contributed by atoms with van der Waals surface area (Å²) in [5, 5.41) is 4.11. The summed E-state index contributed by atoms with van der Waals surface area (Å²) in [6.07, 6.45) is 4.10. The first-order valence-electron chi connectivity index (χ1n) is 9.81. The van der Waals surface area contributed by atoms with Crippen molar-refractivity contribution in [2.24, 2.45) is 5.92 Å². The molecule has 2 aliphatic rings. The van der Waals surface area contributed by atoms with E-state index < -0.39 is 0 Å². The lowest BCUT2D eigenvalue weighted by Crippen LogP contribution is -2.51. The fourth-order valence-corrected chi connectivity index (χ4v) is 4.22. The van der Waals surface area contributed by atoms with E-state index in [4.69, 9.17) is 4.52 Å². The highest BCUT2D eigenvalue weighted by Crippen LogP contribution is 2.33. The molecule has 3 heterocycles. The predicted octanol–water partition coefficient (Wildman–Crippen LogP) is 3.12. The molecule has 152 valence electrons. The molecule has 2 saturated heterocycles. The van der Waals surface area contributed by atoms with Gasteiger partial charge in [-0.3, -0.25) is 9.59 Å². The van der Waals surface area contributed by atoms with Crippen LogP contribution >= 0.6 is 15.9 Å². The summed E-state index contributed by atoms with van der Waals surface area (Å²) in [7, 11) is 0. The van der Waals surface area contributed by atoms with Gasteiger partial charge in [0, 0.05) is 42.9 Å². The number of rotatable bonds is 6. The molecule has 1 aromatic carbocycles. The summed E-state index contributed by atoms with van der Waals surface area (Å²) in [5.41, 5.74) is 1.10. The van der Waals surface area contributed by atoms with Crippen LogP contribution in [0.25, 0.3) is 0 Å². The second-order valence-electron chi connectivity index (χ2n) is 7.61. The van der Waals surface area contributed by atoms with E-state index in [0.717, 1.165) is 22.9 Å². The van der Waals surface area contributed by atoms with Gasteiger partial charge in [-0.15, -0.1) is 0 Å². The topological polar surface area (TPSA) is 79.5 Å². The lowest BCUT2D eigenvalue weighted by molar-refractivity contribution is -0.139. The number of aromatic nitrogens is 2. The van der Waals surface area contributed by atoms with Crippen LogP contribution in [0.4, 0.5) is 0 Å². The molecule has 0 bridgehead atoms. The van der Waals surface area contributed by atoms with Gasteiger partial charge in [0.1, 0.15) is 6.04 Å². The predicted molar refractivity (Wildman–Crippen MR) is 110 cm³/mol. The van der Waals surface area contributed by atoms with Crippen molar-refractivity contribution in [3.63, 3.8) is 0 Å². The Bertz CT molecular complexity index is 905. The summed E-state index contributed by atoms with van der Waals surface area (Å²) in [6, 6.07) is 7.85. The van der Waals surface area contributed by atoms with Gasteiger partial charge in [-0.1, -0.05) is 39.8 Å². The van der Waals surface area contributed by atoms with Crippen LogP contribution < -0.4 is 0 Å². The van der Waals surface area contributed by atoms with Gasteiger partial charge in [0.05, 0.1) is 0 Å². The molecule has 1 unspecified atom stereocenters. The molecule has 0 spiro atoms. The van der Waals surface area contributed by atoms with Gasteiger partial charge in [0.25, 0.3) is 0 Å². The largest absolute Gasteiger partial charge is 0.338 e. The third-order valence-corrected chi connectivity index (χ3v) is 6.05. The minimum Gasteiger partial charge on any atom is -0.338 e. The molecular weight excluding hydrogens is 436 g/mol. The van der Waals surface area contributed by atoms with E-state index in [1.807, 2.05) is 29.2 Å². The Balaban J connectivity index is 1.35. The fraction of sp³-hybridized carbons (Fsp3) is 0.429. The smallest absolute Gasteiger partial charge is 0.249 e. The van der Waals surface area contributed by atoms with Crippen molar-refractivity contribution in [3.05, 3.63) is 58.7 Å². The van der Waals surface area contributed by atoms with Crippen LogP contribution in [0.2, 0.25) is 0 Å². The minimum absolute atomic E-state index is 0.0723. The first-order valence-corrected chi connectivity index (χ1v) is 10.6. The van der Waals surface area contributed by atoms with Crippen molar-refractivity contribution in [1.29, 1.82) is 0 Å². The zero-order chi connectivity index (χ0) is 20.4. The van der Waals surface area contributed by atoms with Crippen LogP contribution in [0.3, 0.4) is 0 Å². The average Bonchev–Trinajstić information content (AvgIpc) is 3.34. The molecule has 1 atom stereocenters. The number of likely N-dealkylation sites (tertiary alicyclic amines) is 2. The SMILES string of the molecule is C=CC(=O)N1CC(CC(=O)N2CCCC2c2nc(Cc3ccc(Br)cc3)no2)C1. The maximum absolute atomic E-state index is 12.8. The Morgan fingerprint density at radius 2 is 2.03 bits per heavy atom. The lowest BCUT2D eigenvalue weighted by Gasteiger charge is -2.39. The zero-order valence-electron chi connectivity index (χ0n) is 16.1. The molecule has 8 heteroatoms. The quantitative estimate of drug-likeness (QED) is 0.621. The highest BCUT2D eigenvalue weighted by Gasteiger charge is 2.37. The Morgan fingerprint density at radius 3 is 2.76 bits per heavy atom. The number of halogens is 1. The Labute approximate surface area is 177 Å². The second-order valence-corrected chi connectivity index (χ2v) is 8.53. The number of benzene rings is 1. The van der Waals surface area contributed by atoms with Gasteiger partial charge < -0.3 is 14.3 Å².